The number of amides is 1. The third-order valence-corrected chi connectivity index (χ3v) is 3.42. The lowest BCUT2D eigenvalue weighted by atomic mass is 10.1. The van der Waals surface area contributed by atoms with Crippen LogP contribution in [0.3, 0.4) is 0 Å². The van der Waals surface area contributed by atoms with Crippen LogP contribution in [-0.4, -0.2) is 30.1 Å². The lowest BCUT2D eigenvalue weighted by molar-refractivity contribution is 0.0942. The first-order valence-corrected chi connectivity index (χ1v) is 7.58. The Morgan fingerprint density at radius 3 is 2.94 bits per heavy atom. The largest absolute Gasteiger partial charge is 0.486 e. The molecular weight excluding hydrogens is 345 g/mol. The summed E-state index contributed by atoms with van der Waals surface area (Å²) in [7, 11) is 0. The molecule has 1 amide bonds. The van der Waals surface area contributed by atoms with Gasteiger partial charge in [-0.3, -0.25) is 4.79 Å². The highest BCUT2D eigenvalue weighted by Gasteiger charge is 2.19. The van der Waals surface area contributed by atoms with Crippen LogP contribution in [0.4, 0.5) is 0 Å². The molecule has 1 aliphatic rings. The van der Waals surface area contributed by atoms with E-state index in [2.05, 4.69) is 27.9 Å². The number of carbonyl (C=O) groups is 1. The van der Waals surface area contributed by atoms with Gasteiger partial charge >= 0.3 is 0 Å². The van der Waals surface area contributed by atoms with Gasteiger partial charge in [0.25, 0.3) is 5.91 Å². The molecule has 1 aromatic rings. The minimum atomic E-state index is -0.0918. The smallest absolute Gasteiger partial charge is 0.255 e. The molecule has 0 aromatic heterocycles. The van der Waals surface area contributed by atoms with Crippen LogP contribution in [0.25, 0.3) is 0 Å². The van der Waals surface area contributed by atoms with E-state index in [1.165, 1.54) is 0 Å². The second kappa shape index (κ2) is 6.82. The van der Waals surface area contributed by atoms with Gasteiger partial charge < -0.3 is 14.8 Å². The zero-order chi connectivity index (χ0) is 12.8. The second-order valence-electron chi connectivity index (χ2n) is 3.98. The molecule has 1 N–H and O–H groups in total. The quantitative estimate of drug-likeness (QED) is 0.498. The van der Waals surface area contributed by atoms with Gasteiger partial charge in [-0.15, -0.1) is 0 Å². The molecule has 1 aliphatic heterocycles. The van der Waals surface area contributed by atoms with Gasteiger partial charge in [0.1, 0.15) is 13.2 Å². The van der Waals surface area contributed by atoms with Crippen LogP contribution in [0.2, 0.25) is 0 Å². The van der Waals surface area contributed by atoms with Crippen LogP contribution in [0, 0.1) is 0 Å². The standard InChI is InChI=1S/C13H16INO3/c14-6-1-2-7-15-13(16)10-4-3-5-11-12(10)18-9-8-17-11/h3-5H,1-2,6-9H2,(H,15,16). The van der Waals surface area contributed by atoms with Crippen molar-refractivity contribution in [2.45, 2.75) is 12.8 Å². The number of fused-ring (bicyclic) bond motifs is 1. The van der Waals surface area contributed by atoms with Gasteiger partial charge in [0, 0.05) is 6.54 Å². The number of unbranched alkanes of at least 4 members (excludes halogenated alkanes) is 1. The van der Waals surface area contributed by atoms with E-state index >= 15 is 0 Å². The third-order valence-electron chi connectivity index (χ3n) is 2.66. The first kappa shape index (κ1) is 13.5. The second-order valence-corrected chi connectivity index (χ2v) is 5.06. The molecule has 0 spiro atoms. The Morgan fingerprint density at radius 2 is 2.11 bits per heavy atom. The molecule has 5 heteroatoms. The fourth-order valence-electron chi connectivity index (χ4n) is 1.77. The number of hydrogen-bond acceptors (Lipinski definition) is 3. The number of ether oxygens (including phenoxy) is 2. The highest BCUT2D eigenvalue weighted by Crippen LogP contribution is 2.33. The van der Waals surface area contributed by atoms with E-state index in [0.717, 1.165) is 17.3 Å². The topological polar surface area (TPSA) is 47.6 Å². The number of hydrogen-bond donors (Lipinski definition) is 1. The molecule has 2 rings (SSSR count). The van der Waals surface area contributed by atoms with Crippen molar-refractivity contribution in [3.05, 3.63) is 23.8 Å². The molecule has 18 heavy (non-hydrogen) atoms. The average molecular weight is 361 g/mol. The maximum atomic E-state index is 12.0. The van der Waals surface area contributed by atoms with Gasteiger partial charge in [0.05, 0.1) is 5.56 Å². The minimum absolute atomic E-state index is 0.0918. The van der Waals surface area contributed by atoms with E-state index in [-0.39, 0.29) is 5.91 Å². The molecule has 1 aromatic carbocycles. The van der Waals surface area contributed by atoms with Crippen LogP contribution >= 0.6 is 22.6 Å². The van der Waals surface area contributed by atoms with Crippen LogP contribution in [0.1, 0.15) is 23.2 Å². The van der Waals surface area contributed by atoms with Crippen LogP contribution in [-0.2, 0) is 0 Å². The predicted molar refractivity (Wildman–Crippen MR) is 77.9 cm³/mol. The van der Waals surface area contributed by atoms with Crippen molar-refractivity contribution in [2.24, 2.45) is 0 Å². The fourth-order valence-corrected chi connectivity index (χ4v) is 2.31. The molecule has 0 unspecified atom stereocenters. The molecule has 0 radical (unpaired) electrons. The van der Waals surface area contributed by atoms with Gasteiger partial charge in [-0.05, 0) is 29.4 Å². The first-order chi connectivity index (χ1) is 8.83. The third kappa shape index (κ3) is 3.28. The molecular formula is C13H16INO3. The van der Waals surface area contributed by atoms with E-state index < -0.39 is 0 Å². The molecule has 1 heterocycles. The maximum Gasteiger partial charge on any atom is 0.255 e. The van der Waals surface area contributed by atoms with Crippen molar-refractivity contribution in [3.63, 3.8) is 0 Å². The molecule has 0 aliphatic carbocycles. The van der Waals surface area contributed by atoms with Crippen LogP contribution in [0.5, 0.6) is 11.5 Å². The molecule has 0 atom stereocenters. The number of benzene rings is 1. The molecule has 0 bridgehead atoms. The van der Waals surface area contributed by atoms with Crippen LogP contribution < -0.4 is 14.8 Å². The fraction of sp³-hybridized carbons (Fsp3) is 0.462. The number of para-hydroxylation sites is 1. The Kier molecular flexibility index (Phi) is 5.10. The summed E-state index contributed by atoms with van der Waals surface area (Å²) in [6.07, 6.45) is 2.12. The summed E-state index contributed by atoms with van der Waals surface area (Å²) in [6.45, 7) is 1.73. The van der Waals surface area contributed by atoms with Gasteiger partial charge in [0.2, 0.25) is 0 Å². The lowest BCUT2D eigenvalue weighted by Gasteiger charge is -2.20. The number of alkyl halides is 1. The first-order valence-electron chi connectivity index (χ1n) is 6.05. The summed E-state index contributed by atoms with van der Waals surface area (Å²) in [5.41, 5.74) is 0.557. The van der Waals surface area contributed by atoms with Gasteiger partial charge in [-0.1, -0.05) is 28.7 Å². The van der Waals surface area contributed by atoms with Gasteiger partial charge in [-0.2, -0.15) is 0 Å². The number of rotatable bonds is 5. The SMILES string of the molecule is O=C(NCCCCI)c1cccc2c1OCCO2. The summed E-state index contributed by atoms with van der Waals surface area (Å²) >= 11 is 2.33. The van der Waals surface area contributed by atoms with Crippen molar-refractivity contribution in [1.82, 2.24) is 5.32 Å². The van der Waals surface area contributed by atoms with Gasteiger partial charge in [0.15, 0.2) is 11.5 Å². The Balaban J connectivity index is 2.01. The Morgan fingerprint density at radius 1 is 1.28 bits per heavy atom. The predicted octanol–water partition coefficient (Wildman–Crippen LogP) is 2.40. The van der Waals surface area contributed by atoms with E-state index in [1.54, 1.807) is 6.07 Å². The zero-order valence-electron chi connectivity index (χ0n) is 10.1. The summed E-state index contributed by atoms with van der Waals surface area (Å²) in [4.78, 5) is 12.0. The highest BCUT2D eigenvalue weighted by atomic mass is 127. The number of carbonyl (C=O) groups excluding carboxylic acids is 1. The van der Waals surface area contributed by atoms with E-state index in [4.69, 9.17) is 9.47 Å². The molecule has 0 saturated carbocycles. The van der Waals surface area contributed by atoms with E-state index in [0.29, 0.717) is 36.8 Å². The highest BCUT2D eigenvalue weighted by molar-refractivity contribution is 14.1. The van der Waals surface area contributed by atoms with E-state index in [9.17, 15) is 4.79 Å². The number of nitrogens with one attached hydrogen (secondary N) is 1. The normalized spacial score (nSPS) is 13.2. The van der Waals surface area contributed by atoms with Crippen molar-refractivity contribution in [3.8, 4) is 11.5 Å². The molecule has 0 fully saturated rings. The molecule has 98 valence electrons. The maximum absolute atomic E-state index is 12.0. The van der Waals surface area contributed by atoms with Crippen molar-refractivity contribution >= 4 is 28.5 Å². The van der Waals surface area contributed by atoms with Crippen molar-refractivity contribution in [2.75, 3.05) is 24.2 Å². The summed E-state index contributed by atoms with van der Waals surface area (Å²) in [5, 5.41) is 2.91. The van der Waals surface area contributed by atoms with Gasteiger partial charge in [-0.25, -0.2) is 0 Å². The Hall–Kier alpha value is -0.980. The molecule has 4 nitrogen and oxygen atoms in total. The summed E-state index contributed by atoms with van der Waals surface area (Å²) < 4.78 is 12.1. The number of halogens is 1. The van der Waals surface area contributed by atoms with Crippen molar-refractivity contribution in [1.29, 1.82) is 0 Å². The van der Waals surface area contributed by atoms with Crippen LogP contribution in [0.15, 0.2) is 18.2 Å². The summed E-state index contributed by atoms with van der Waals surface area (Å²) in [5.74, 6) is 1.13. The monoisotopic (exact) mass is 361 g/mol. The minimum Gasteiger partial charge on any atom is -0.486 e. The molecule has 0 saturated heterocycles. The van der Waals surface area contributed by atoms with Crippen molar-refractivity contribution < 1.29 is 14.3 Å². The zero-order valence-corrected chi connectivity index (χ0v) is 12.2. The lowest BCUT2D eigenvalue weighted by Crippen LogP contribution is -2.26. The Labute approximate surface area is 120 Å². The Bertz CT molecular complexity index is 423. The summed E-state index contributed by atoms with van der Waals surface area (Å²) in [6, 6.07) is 5.40. The average Bonchev–Trinajstić information content (AvgIpc) is 2.43. The van der Waals surface area contributed by atoms with E-state index in [1.807, 2.05) is 12.1 Å².